The van der Waals surface area contributed by atoms with Gasteiger partial charge in [-0.15, -0.1) is 0 Å². The van der Waals surface area contributed by atoms with E-state index in [-0.39, 0.29) is 12.2 Å². The summed E-state index contributed by atoms with van der Waals surface area (Å²) in [6, 6.07) is 8.20. The first-order valence-corrected chi connectivity index (χ1v) is 6.42. The van der Waals surface area contributed by atoms with Crippen molar-refractivity contribution in [3.63, 3.8) is 0 Å². The Labute approximate surface area is 109 Å². The predicted molar refractivity (Wildman–Crippen MR) is 71.7 cm³/mol. The highest BCUT2D eigenvalue weighted by Crippen LogP contribution is 2.17. The molecule has 1 aliphatic rings. The molecule has 18 heavy (non-hydrogen) atoms. The van der Waals surface area contributed by atoms with Gasteiger partial charge in [-0.2, -0.15) is 0 Å². The van der Waals surface area contributed by atoms with Crippen molar-refractivity contribution in [2.75, 3.05) is 26.7 Å². The number of methoxy groups -OCH3 is 1. The molecule has 1 aliphatic heterocycles. The van der Waals surface area contributed by atoms with E-state index in [2.05, 4.69) is 24.0 Å². The van der Waals surface area contributed by atoms with E-state index in [9.17, 15) is 0 Å². The van der Waals surface area contributed by atoms with Crippen molar-refractivity contribution in [3.8, 4) is 5.75 Å². The number of nitrogens with zero attached hydrogens (tertiary/aromatic N) is 1. The lowest BCUT2D eigenvalue weighted by atomic mass is 10.1. The lowest BCUT2D eigenvalue weighted by Gasteiger charge is -2.36. The zero-order valence-electron chi connectivity index (χ0n) is 11.1. The lowest BCUT2D eigenvalue weighted by molar-refractivity contribution is -0.0745. The number of morpholine rings is 1. The quantitative estimate of drug-likeness (QED) is 0.873. The largest absolute Gasteiger partial charge is 0.497 e. The summed E-state index contributed by atoms with van der Waals surface area (Å²) in [6.07, 6.45) is 0.400. The van der Waals surface area contributed by atoms with E-state index in [4.69, 9.17) is 15.2 Å². The predicted octanol–water partition coefficient (Wildman–Crippen LogP) is 1.24. The van der Waals surface area contributed by atoms with E-state index >= 15 is 0 Å². The molecule has 4 heteroatoms. The molecule has 0 saturated carbocycles. The summed E-state index contributed by atoms with van der Waals surface area (Å²) in [5, 5.41) is 0. The van der Waals surface area contributed by atoms with Gasteiger partial charge in [0.15, 0.2) is 0 Å². The van der Waals surface area contributed by atoms with Gasteiger partial charge in [-0.25, -0.2) is 0 Å². The molecule has 2 unspecified atom stereocenters. The smallest absolute Gasteiger partial charge is 0.119 e. The maximum absolute atomic E-state index is 5.76. The Balaban J connectivity index is 1.99. The minimum Gasteiger partial charge on any atom is -0.497 e. The van der Waals surface area contributed by atoms with E-state index in [0.717, 1.165) is 25.4 Å². The van der Waals surface area contributed by atoms with Gasteiger partial charge in [-0.1, -0.05) is 12.1 Å². The summed E-state index contributed by atoms with van der Waals surface area (Å²) in [4.78, 5) is 2.39. The first-order chi connectivity index (χ1) is 8.71. The number of hydrogen-bond donors (Lipinski definition) is 1. The average Bonchev–Trinajstić information content (AvgIpc) is 2.38. The van der Waals surface area contributed by atoms with E-state index in [0.29, 0.717) is 6.54 Å². The summed E-state index contributed by atoms with van der Waals surface area (Å²) >= 11 is 0. The molecule has 2 N–H and O–H groups in total. The molecule has 1 fully saturated rings. The standard InChI is InChI=1S/C14H22N2O2/c1-11-8-16(10-14(7-15)18-11)9-12-4-3-5-13(6-12)17-2/h3-6,11,14H,7-10,15H2,1-2H3. The van der Waals surface area contributed by atoms with Crippen molar-refractivity contribution in [3.05, 3.63) is 29.8 Å². The first kappa shape index (κ1) is 13.3. The summed E-state index contributed by atoms with van der Waals surface area (Å²) in [6.45, 7) is 5.45. The van der Waals surface area contributed by atoms with Crippen LogP contribution >= 0.6 is 0 Å². The van der Waals surface area contributed by atoms with Gasteiger partial charge >= 0.3 is 0 Å². The van der Waals surface area contributed by atoms with Crippen LogP contribution < -0.4 is 10.5 Å². The zero-order chi connectivity index (χ0) is 13.0. The van der Waals surface area contributed by atoms with Crippen LogP contribution in [0.3, 0.4) is 0 Å². The Bertz CT molecular complexity index is 384. The van der Waals surface area contributed by atoms with Crippen LogP contribution in [0.1, 0.15) is 12.5 Å². The van der Waals surface area contributed by atoms with E-state index < -0.39 is 0 Å². The molecule has 0 spiro atoms. The fourth-order valence-electron chi connectivity index (χ4n) is 2.43. The molecule has 2 rings (SSSR count). The normalized spacial score (nSPS) is 25.1. The van der Waals surface area contributed by atoms with Crippen LogP contribution in [0, 0.1) is 0 Å². The summed E-state index contributed by atoms with van der Waals surface area (Å²) in [5.74, 6) is 0.907. The number of nitrogens with two attached hydrogens (primary N) is 1. The molecular weight excluding hydrogens is 228 g/mol. The van der Waals surface area contributed by atoms with Crippen LogP contribution in [0.15, 0.2) is 24.3 Å². The molecule has 0 radical (unpaired) electrons. The molecule has 0 aliphatic carbocycles. The maximum Gasteiger partial charge on any atom is 0.119 e. The molecule has 100 valence electrons. The maximum atomic E-state index is 5.76. The first-order valence-electron chi connectivity index (χ1n) is 6.42. The fourth-order valence-corrected chi connectivity index (χ4v) is 2.43. The summed E-state index contributed by atoms with van der Waals surface area (Å²) in [7, 11) is 1.69. The van der Waals surface area contributed by atoms with Crippen molar-refractivity contribution in [1.82, 2.24) is 4.90 Å². The second kappa shape index (κ2) is 6.18. The van der Waals surface area contributed by atoms with Gasteiger partial charge in [0.05, 0.1) is 19.3 Å². The molecule has 0 amide bonds. The van der Waals surface area contributed by atoms with Crippen LogP contribution in [-0.4, -0.2) is 43.9 Å². The van der Waals surface area contributed by atoms with Gasteiger partial charge in [-0.3, -0.25) is 4.90 Å². The molecule has 1 heterocycles. The van der Waals surface area contributed by atoms with E-state index in [1.165, 1.54) is 5.56 Å². The van der Waals surface area contributed by atoms with E-state index in [1.54, 1.807) is 7.11 Å². The van der Waals surface area contributed by atoms with Gasteiger partial charge < -0.3 is 15.2 Å². The van der Waals surface area contributed by atoms with Gasteiger partial charge in [0.2, 0.25) is 0 Å². The van der Waals surface area contributed by atoms with Crippen molar-refractivity contribution in [2.24, 2.45) is 5.73 Å². The minimum absolute atomic E-state index is 0.152. The molecule has 1 aromatic carbocycles. The molecule has 1 aromatic rings. The Morgan fingerprint density at radius 2 is 2.28 bits per heavy atom. The van der Waals surface area contributed by atoms with Crippen LogP contribution in [0.5, 0.6) is 5.75 Å². The molecule has 4 nitrogen and oxygen atoms in total. The van der Waals surface area contributed by atoms with Gasteiger partial charge in [0.25, 0.3) is 0 Å². The fraction of sp³-hybridized carbons (Fsp3) is 0.571. The Morgan fingerprint density at radius 3 is 3.00 bits per heavy atom. The van der Waals surface area contributed by atoms with Crippen molar-refractivity contribution in [1.29, 1.82) is 0 Å². The van der Waals surface area contributed by atoms with Gasteiger partial charge in [0, 0.05) is 26.2 Å². The number of ether oxygens (including phenoxy) is 2. The minimum atomic E-state index is 0.152. The highest BCUT2D eigenvalue weighted by Gasteiger charge is 2.24. The second-order valence-electron chi connectivity index (χ2n) is 4.85. The monoisotopic (exact) mass is 250 g/mol. The zero-order valence-corrected chi connectivity index (χ0v) is 11.1. The van der Waals surface area contributed by atoms with Crippen LogP contribution in [0.2, 0.25) is 0 Å². The van der Waals surface area contributed by atoms with Crippen molar-refractivity contribution >= 4 is 0 Å². The third kappa shape index (κ3) is 3.45. The topological polar surface area (TPSA) is 47.7 Å². The average molecular weight is 250 g/mol. The molecule has 0 aromatic heterocycles. The highest BCUT2D eigenvalue weighted by molar-refractivity contribution is 5.28. The third-order valence-corrected chi connectivity index (χ3v) is 3.21. The highest BCUT2D eigenvalue weighted by atomic mass is 16.5. The lowest BCUT2D eigenvalue weighted by Crippen LogP contribution is -2.48. The number of rotatable bonds is 4. The van der Waals surface area contributed by atoms with Crippen molar-refractivity contribution in [2.45, 2.75) is 25.7 Å². The van der Waals surface area contributed by atoms with Gasteiger partial charge in [0.1, 0.15) is 5.75 Å². The van der Waals surface area contributed by atoms with E-state index in [1.807, 2.05) is 12.1 Å². The molecule has 0 bridgehead atoms. The van der Waals surface area contributed by atoms with Gasteiger partial charge in [-0.05, 0) is 24.6 Å². The molecule has 1 saturated heterocycles. The van der Waals surface area contributed by atoms with Crippen LogP contribution in [-0.2, 0) is 11.3 Å². The summed E-state index contributed by atoms with van der Waals surface area (Å²) in [5.41, 5.74) is 6.96. The molecular formula is C14H22N2O2. The SMILES string of the molecule is COc1cccc(CN2CC(C)OC(CN)C2)c1. The Kier molecular flexibility index (Phi) is 4.58. The number of hydrogen-bond acceptors (Lipinski definition) is 4. The number of benzene rings is 1. The molecule has 2 atom stereocenters. The summed E-state index contributed by atoms with van der Waals surface area (Å²) < 4.78 is 11.0. The van der Waals surface area contributed by atoms with Crippen molar-refractivity contribution < 1.29 is 9.47 Å². The van der Waals surface area contributed by atoms with Crippen LogP contribution in [0.4, 0.5) is 0 Å². The Hall–Kier alpha value is -1.10. The second-order valence-corrected chi connectivity index (χ2v) is 4.85. The third-order valence-electron chi connectivity index (χ3n) is 3.21. The Morgan fingerprint density at radius 1 is 1.44 bits per heavy atom. The van der Waals surface area contributed by atoms with Crippen LogP contribution in [0.25, 0.3) is 0 Å².